The van der Waals surface area contributed by atoms with Gasteiger partial charge < -0.3 is 0 Å². The Morgan fingerprint density at radius 2 is 1.36 bits per heavy atom. The zero-order valence-electron chi connectivity index (χ0n) is 16.4. The lowest BCUT2D eigenvalue weighted by Crippen LogP contribution is -2.39. The minimum absolute atomic E-state index is 0.154. The number of carbonyl (C=O) groups is 1. The number of hydrogen-bond acceptors (Lipinski definition) is 2. The SMILES string of the molecule is CCCCCCCCCCCCON(C)C(=O)N(C)c1ccccc1. The molecule has 0 radical (unpaired) electrons. The number of anilines is 1. The van der Waals surface area contributed by atoms with Crippen LogP contribution in [0.5, 0.6) is 0 Å². The molecule has 0 atom stereocenters. The van der Waals surface area contributed by atoms with Gasteiger partial charge in [0.25, 0.3) is 0 Å². The molecule has 142 valence electrons. The summed E-state index contributed by atoms with van der Waals surface area (Å²) in [5, 5.41) is 1.33. The van der Waals surface area contributed by atoms with Crippen molar-refractivity contribution in [3.8, 4) is 0 Å². The summed E-state index contributed by atoms with van der Waals surface area (Å²) < 4.78 is 0. The van der Waals surface area contributed by atoms with Gasteiger partial charge in [-0.3, -0.25) is 9.74 Å². The highest BCUT2D eigenvalue weighted by Crippen LogP contribution is 2.13. The Kier molecular flexibility index (Phi) is 11.8. The van der Waals surface area contributed by atoms with Gasteiger partial charge >= 0.3 is 6.03 Å². The molecule has 0 unspecified atom stereocenters. The van der Waals surface area contributed by atoms with Gasteiger partial charge in [-0.05, 0) is 18.6 Å². The molecular weight excluding hydrogens is 312 g/mol. The van der Waals surface area contributed by atoms with E-state index in [1.807, 2.05) is 30.3 Å². The van der Waals surface area contributed by atoms with E-state index in [4.69, 9.17) is 4.84 Å². The van der Waals surface area contributed by atoms with Crippen molar-refractivity contribution >= 4 is 11.7 Å². The summed E-state index contributed by atoms with van der Waals surface area (Å²) >= 11 is 0. The number of rotatable bonds is 13. The summed E-state index contributed by atoms with van der Waals surface area (Å²) in [7, 11) is 3.44. The molecule has 0 aliphatic carbocycles. The van der Waals surface area contributed by atoms with Gasteiger partial charge in [-0.15, -0.1) is 0 Å². The molecule has 0 N–H and O–H groups in total. The van der Waals surface area contributed by atoms with Crippen LogP contribution in [0.4, 0.5) is 10.5 Å². The molecule has 1 aromatic rings. The number of amides is 2. The zero-order valence-corrected chi connectivity index (χ0v) is 16.4. The largest absolute Gasteiger partial charge is 0.347 e. The van der Waals surface area contributed by atoms with Crippen molar-refractivity contribution in [3.05, 3.63) is 30.3 Å². The first-order chi connectivity index (χ1) is 12.2. The van der Waals surface area contributed by atoms with Gasteiger partial charge in [-0.2, -0.15) is 0 Å². The molecular formula is C21H36N2O2. The minimum Gasteiger partial charge on any atom is -0.296 e. The van der Waals surface area contributed by atoms with E-state index < -0.39 is 0 Å². The molecule has 25 heavy (non-hydrogen) atoms. The smallest absolute Gasteiger partial charge is 0.296 e. The molecule has 0 spiro atoms. The minimum atomic E-state index is -0.154. The molecule has 0 aromatic heterocycles. The van der Waals surface area contributed by atoms with Crippen molar-refractivity contribution in [2.45, 2.75) is 71.1 Å². The Labute approximate surface area is 154 Å². The Bertz CT molecular complexity index is 450. The fourth-order valence-corrected chi connectivity index (χ4v) is 2.82. The maximum absolute atomic E-state index is 12.3. The van der Waals surface area contributed by atoms with Crippen LogP contribution >= 0.6 is 0 Å². The highest BCUT2D eigenvalue weighted by molar-refractivity contribution is 5.90. The molecule has 0 fully saturated rings. The second kappa shape index (κ2) is 13.7. The molecule has 0 aliphatic rings. The molecule has 0 bridgehead atoms. The van der Waals surface area contributed by atoms with E-state index >= 15 is 0 Å². The van der Waals surface area contributed by atoms with E-state index in [1.165, 1.54) is 62.9 Å². The third-order valence-corrected chi connectivity index (χ3v) is 4.48. The fraction of sp³-hybridized carbons (Fsp3) is 0.667. The summed E-state index contributed by atoms with van der Waals surface area (Å²) in [6.07, 6.45) is 13.0. The topological polar surface area (TPSA) is 32.8 Å². The van der Waals surface area contributed by atoms with Crippen LogP contribution in [-0.4, -0.2) is 31.8 Å². The van der Waals surface area contributed by atoms with Crippen molar-refractivity contribution in [2.75, 3.05) is 25.6 Å². The number of nitrogens with zero attached hydrogens (tertiary/aromatic N) is 2. The van der Waals surface area contributed by atoms with Crippen LogP contribution in [-0.2, 0) is 4.84 Å². The molecule has 1 aromatic carbocycles. The maximum atomic E-state index is 12.3. The fourth-order valence-electron chi connectivity index (χ4n) is 2.82. The number of hydrogen-bond donors (Lipinski definition) is 0. The lowest BCUT2D eigenvalue weighted by Gasteiger charge is -2.24. The highest BCUT2D eigenvalue weighted by Gasteiger charge is 2.15. The predicted octanol–water partition coefficient (Wildman–Crippen LogP) is 6.03. The molecule has 0 heterocycles. The monoisotopic (exact) mass is 348 g/mol. The second-order valence-corrected chi connectivity index (χ2v) is 6.69. The number of carbonyl (C=O) groups excluding carboxylic acids is 1. The van der Waals surface area contributed by atoms with Crippen LogP contribution in [0, 0.1) is 0 Å². The molecule has 0 saturated heterocycles. The lowest BCUT2D eigenvalue weighted by atomic mass is 10.1. The van der Waals surface area contributed by atoms with Crippen molar-refractivity contribution < 1.29 is 9.63 Å². The van der Waals surface area contributed by atoms with Crippen molar-refractivity contribution in [1.29, 1.82) is 0 Å². The van der Waals surface area contributed by atoms with Gasteiger partial charge in [-0.1, -0.05) is 82.9 Å². The normalized spacial score (nSPS) is 10.7. The van der Waals surface area contributed by atoms with Gasteiger partial charge in [0.15, 0.2) is 0 Å². The third-order valence-electron chi connectivity index (χ3n) is 4.48. The number of urea groups is 1. The second-order valence-electron chi connectivity index (χ2n) is 6.69. The Morgan fingerprint density at radius 1 is 0.840 bits per heavy atom. The van der Waals surface area contributed by atoms with E-state index in [9.17, 15) is 4.79 Å². The summed E-state index contributed by atoms with van der Waals surface area (Å²) in [4.78, 5) is 19.4. The average molecular weight is 349 g/mol. The van der Waals surface area contributed by atoms with Crippen LogP contribution in [0.15, 0.2) is 30.3 Å². The standard InChI is InChI=1S/C21H36N2O2/c1-4-5-6-7-8-9-10-11-12-16-19-25-23(3)21(24)22(2)20-17-14-13-15-18-20/h13-15,17-18H,4-12,16,19H2,1-3H3. The van der Waals surface area contributed by atoms with Crippen molar-refractivity contribution in [1.82, 2.24) is 5.06 Å². The quantitative estimate of drug-likeness (QED) is 0.322. The van der Waals surface area contributed by atoms with E-state index in [1.54, 1.807) is 19.0 Å². The van der Waals surface area contributed by atoms with Gasteiger partial charge in [0.2, 0.25) is 0 Å². The molecule has 2 amide bonds. The highest BCUT2D eigenvalue weighted by atomic mass is 16.7. The van der Waals surface area contributed by atoms with Gasteiger partial charge in [0.05, 0.1) is 6.61 Å². The van der Waals surface area contributed by atoms with Crippen LogP contribution in [0.1, 0.15) is 71.1 Å². The van der Waals surface area contributed by atoms with Gasteiger partial charge in [0, 0.05) is 19.8 Å². The van der Waals surface area contributed by atoms with Gasteiger partial charge in [-0.25, -0.2) is 9.86 Å². The summed E-state index contributed by atoms with van der Waals surface area (Å²) in [5.41, 5.74) is 0.863. The van der Waals surface area contributed by atoms with E-state index in [0.29, 0.717) is 6.61 Å². The lowest BCUT2D eigenvalue weighted by molar-refractivity contribution is -0.0969. The molecule has 1 rings (SSSR count). The van der Waals surface area contributed by atoms with Crippen LogP contribution < -0.4 is 4.90 Å². The summed E-state index contributed by atoms with van der Waals surface area (Å²) in [5.74, 6) is 0. The molecule has 4 nitrogen and oxygen atoms in total. The summed E-state index contributed by atoms with van der Waals surface area (Å²) in [6, 6.07) is 9.45. The maximum Gasteiger partial charge on any atom is 0.347 e. The number of benzene rings is 1. The van der Waals surface area contributed by atoms with Crippen molar-refractivity contribution in [2.24, 2.45) is 0 Å². The van der Waals surface area contributed by atoms with Gasteiger partial charge in [0.1, 0.15) is 0 Å². The Hall–Kier alpha value is -1.55. The van der Waals surface area contributed by atoms with Crippen LogP contribution in [0.25, 0.3) is 0 Å². The molecule has 0 aliphatic heterocycles. The van der Waals surface area contributed by atoms with Crippen molar-refractivity contribution in [3.63, 3.8) is 0 Å². The zero-order chi connectivity index (χ0) is 18.3. The number of para-hydroxylation sites is 1. The van der Waals surface area contributed by atoms with Crippen LogP contribution in [0.2, 0.25) is 0 Å². The van der Waals surface area contributed by atoms with E-state index in [0.717, 1.165) is 12.1 Å². The van der Waals surface area contributed by atoms with Crippen LogP contribution in [0.3, 0.4) is 0 Å². The predicted molar refractivity (Wildman–Crippen MR) is 106 cm³/mol. The first kappa shape index (κ1) is 21.5. The van der Waals surface area contributed by atoms with E-state index in [2.05, 4.69) is 6.92 Å². The average Bonchev–Trinajstić information content (AvgIpc) is 2.65. The number of hydroxylamine groups is 2. The van der Waals surface area contributed by atoms with E-state index in [-0.39, 0.29) is 6.03 Å². The third kappa shape index (κ3) is 9.49. The molecule has 4 heteroatoms. The first-order valence-electron chi connectivity index (χ1n) is 9.86. The first-order valence-corrected chi connectivity index (χ1v) is 9.86. The summed E-state index contributed by atoms with van der Waals surface area (Å²) in [6.45, 7) is 2.86. The number of unbranched alkanes of at least 4 members (excludes halogenated alkanes) is 9. The Balaban J connectivity index is 2.03. The Morgan fingerprint density at radius 3 is 1.92 bits per heavy atom. The molecule has 0 saturated carbocycles.